The fourth-order valence-corrected chi connectivity index (χ4v) is 4.90. The molecule has 0 unspecified atom stereocenters. The summed E-state index contributed by atoms with van der Waals surface area (Å²) in [5.74, 6) is 1.78. The highest BCUT2D eigenvalue weighted by Crippen LogP contribution is 2.20. The van der Waals surface area contributed by atoms with Crippen LogP contribution in [-0.4, -0.2) is 59.3 Å². The van der Waals surface area contributed by atoms with Gasteiger partial charge in [0.25, 0.3) is 11.6 Å². The number of amides is 1. The zero-order valence-electron chi connectivity index (χ0n) is 25.5. The predicted molar refractivity (Wildman–Crippen MR) is 182 cm³/mol. The van der Waals surface area contributed by atoms with Gasteiger partial charge in [-0.3, -0.25) is 25.7 Å². The van der Waals surface area contributed by atoms with E-state index in [0.29, 0.717) is 54.5 Å². The maximum absolute atomic E-state index is 13.1. The highest BCUT2D eigenvalue weighted by Gasteiger charge is 2.17. The Kier molecular flexibility index (Phi) is 10.1. The van der Waals surface area contributed by atoms with E-state index in [1.807, 2.05) is 42.5 Å². The van der Waals surface area contributed by atoms with Crippen LogP contribution in [0.5, 0.6) is 0 Å². The molecule has 1 aliphatic rings. The summed E-state index contributed by atoms with van der Waals surface area (Å²) in [6, 6.07) is 23.9. The number of nitrogens with one attached hydrogen (secondary N) is 3. The van der Waals surface area contributed by atoms with Crippen LogP contribution in [-0.2, 0) is 17.8 Å². The first-order valence-corrected chi connectivity index (χ1v) is 15.3. The quantitative estimate of drug-likeness (QED) is 0.0783. The molecule has 14 nitrogen and oxygen atoms in total. The third kappa shape index (κ3) is 8.48. The number of nitrogens with zero attached hydrogens (tertiary/aromatic N) is 6. The number of hydrogen-bond acceptors (Lipinski definition) is 11. The second kappa shape index (κ2) is 15.2. The van der Waals surface area contributed by atoms with Gasteiger partial charge in [0.2, 0.25) is 0 Å². The maximum Gasteiger partial charge on any atom is 0.269 e. The number of hydrogen-bond donors (Lipinski definition) is 3. The molecule has 2 aromatic heterocycles. The third-order valence-corrected chi connectivity index (χ3v) is 7.48. The monoisotopic (exact) mass is 667 g/mol. The second-order valence-electron chi connectivity index (χ2n) is 10.6. The third-order valence-electron chi connectivity index (χ3n) is 7.23. The molecule has 1 saturated heterocycles. The van der Waals surface area contributed by atoms with Gasteiger partial charge in [-0.1, -0.05) is 41.9 Å². The number of anilines is 2. The number of hydrazone groups is 1. The lowest BCUT2D eigenvalue weighted by Crippen LogP contribution is -2.41. The van der Waals surface area contributed by atoms with E-state index < -0.39 is 10.8 Å². The van der Waals surface area contributed by atoms with Crippen molar-refractivity contribution in [3.05, 3.63) is 123 Å². The van der Waals surface area contributed by atoms with Crippen molar-refractivity contribution in [2.75, 3.05) is 36.6 Å². The highest BCUT2D eigenvalue weighted by atomic mass is 35.5. The van der Waals surface area contributed by atoms with E-state index in [-0.39, 0.29) is 30.3 Å². The summed E-state index contributed by atoms with van der Waals surface area (Å²) in [4.78, 5) is 39.7. The fourth-order valence-electron chi connectivity index (χ4n) is 4.78. The van der Waals surface area contributed by atoms with E-state index in [1.54, 1.807) is 24.4 Å². The molecule has 1 fully saturated rings. The van der Waals surface area contributed by atoms with Crippen molar-refractivity contribution in [1.82, 2.24) is 20.6 Å². The van der Waals surface area contributed by atoms with Crippen LogP contribution in [0.1, 0.15) is 27.5 Å². The number of guanidine groups is 1. The molecule has 48 heavy (non-hydrogen) atoms. The number of aliphatic imine (C=N–C) groups is 1. The van der Waals surface area contributed by atoms with Crippen LogP contribution < -0.4 is 21.0 Å². The number of furan rings is 1. The molecular weight excluding hydrogens is 638 g/mol. The SMILES string of the molecule is O=C(NC(=NCc1ccc(Cl)cc1)NCc1nc(NN=Cc2cc3ccccc3o2)cc(N2CCOCC2)n1)c1ccc([N+](=O)[O-])cc1. The lowest BCUT2D eigenvalue weighted by molar-refractivity contribution is -0.384. The number of morpholine rings is 1. The zero-order chi connectivity index (χ0) is 33.3. The minimum Gasteiger partial charge on any atom is -0.455 e. The van der Waals surface area contributed by atoms with Gasteiger partial charge < -0.3 is 19.4 Å². The van der Waals surface area contributed by atoms with E-state index in [1.165, 1.54) is 24.3 Å². The number of nitro groups is 1. The number of halogens is 1. The van der Waals surface area contributed by atoms with Crippen molar-refractivity contribution < 1.29 is 18.9 Å². The van der Waals surface area contributed by atoms with Gasteiger partial charge in [-0.05, 0) is 42.0 Å². The molecule has 15 heteroatoms. The normalized spacial score (nSPS) is 13.5. The first-order valence-electron chi connectivity index (χ1n) is 15.0. The molecule has 3 heterocycles. The Balaban J connectivity index is 1.21. The number of benzene rings is 3. The van der Waals surface area contributed by atoms with Gasteiger partial charge >= 0.3 is 0 Å². The topological polar surface area (TPSA) is 172 Å². The number of aromatic nitrogens is 2. The predicted octanol–water partition coefficient (Wildman–Crippen LogP) is 5.14. The van der Waals surface area contributed by atoms with Crippen molar-refractivity contribution in [1.29, 1.82) is 0 Å². The molecule has 0 saturated carbocycles. The zero-order valence-corrected chi connectivity index (χ0v) is 26.3. The van der Waals surface area contributed by atoms with Gasteiger partial charge in [0, 0.05) is 47.3 Å². The number of para-hydroxylation sites is 1. The minimum atomic E-state index is -0.527. The largest absolute Gasteiger partial charge is 0.455 e. The van der Waals surface area contributed by atoms with Crippen molar-refractivity contribution in [2.45, 2.75) is 13.1 Å². The van der Waals surface area contributed by atoms with Crippen molar-refractivity contribution in [3.63, 3.8) is 0 Å². The van der Waals surface area contributed by atoms with E-state index >= 15 is 0 Å². The number of nitro benzene ring substituents is 1. The molecule has 5 aromatic rings. The molecular formula is C33H30ClN9O5. The van der Waals surface area contributed by atoms with E-state index in [4.69, 9.17) is 25.7 Å². The Labute approximate surface area is 279 Å². The van der Waals surface area contributed by atoms with Crippen LogP contribution in [0.4, 0.5) is 17.3 Å². The summed E-state index contributed by atoms with van der Waals surface area (Å²) < 4.78 is 11.3. The molecule has 6 rings (SSSR count). The first-order chi connectivity index (χ1) is 23.4. The van der Waals surface area contributed by atoms with Crippen LogP contribution in [0.2, 0.25) is 5.02 Å². The van der Waals surface area contributed by atoms with E-state index in [9.17, 15) is 14.9 Å². The summed E-state index contributed by atoms with van der Waals surface area (Å²) in [6.07, 6.45) is 1.57. The van der Waals surface area contributed by atoms with Crippen molar-refractivity contribution >= 4 is 58.0 Å². The van der Waals surface area contributed by atoms with Crippen LogP contribution in [0.25, 0.3) is 11.0 Å². The van der Waals surface area contributed by atoms with E-state index in [2.05, 4.69) is 36.0 Å². The van der Waals surface area contributed by atoms with Gasteiger partial charge in [0.05, 0.1) is 37.4 Å². The van der Waals surface area contributed by atoms with Crippen molar-refractivity contribution in [3.8, 4) is 0 Å². The van der Waals surface area contributed by atoms with Crippen LogP contribution >= 0.6 is 11.6 Å². The smallest absolute Gasteiger partial charge is 0.269 e. The molecule has 0 spiro atoms. The van der Waals surface area contributed by atoms with Gasteiger partial charge in [-0.15, -0.1) is 0 Å². The fraction of sp³-hybridized carbons (Fsp3) is 0.182. The van der Waals surface area contributed by atoms with Gasteiger partial charge in [0.1, 0.15) is 17.2 Å². The molecule has 1 amide bonds. The number of carbonyl (C=O) groups excluding carboxylic acids is 1. The van der Waals surface area contributed by atoms with Crippen LogP contribution in [0.3, 0.4) is 0 Å². The summed E-state index contributed by atoms with van der Waals surface area (Å²) in [6.45, 7) is 2.79. The Morgan fingerprint density at radius 2 is 1.79 bits per heavy atom. The molecule has 0 bridgehead atoms. The highest BCUT2D eigenvalue weighted by molar-refractivity contribution is 6.30. The molecule has 0 atom stereocenters. The number of non-ortho nitro benzene ring substituents is 1. The number of rotatable bonds is 10. The molecule has 3 aromatic carbocycles. The summed E-state index contributed by atoms with van der Waals surface area (Å²) in [5.41, 5.74) is 4.70. The summed E-state index contributed by atoms with van der Waals surface area (Å²) in [5, 5.41) is 22.9. The molecule has 244 valence electrons. The van der Waals surface area contributed by atoms with Crippen molar-refractivity contribution in [2.24, 2.45) is 10.1 Å². The Bertz CT molecular complexity index is 1920. The van der Waals surface area contributed by atoms with Gasteiger partial charge in [-0.25, -0.2) is 15.0 Å². The Morgan fingerprint density at radius 1 is 1.02 bits per heavy atom. The number of fused-ring (bicyclic) bond motifs is 1. The van der Waals surface area contributed by atoms with E-state index in [0.717, 1.165) is 16.5 Å². The molecule has 0 radical (unpaired) electrons. The van der Waals surface area contributed by atoms with Crippen LogP contribution in [0.15, 0.2) is 99.4 Å². The van der Waals surface area contributed by atoms with Gasteiger partial charge in [0.15, 0.2) is 17.6 Å². The standard InChI is InChI=1S/C33H30ClN9O5/c34-25-9-5-22(6-10-25)19-35-33(40-32(44)23-7-11-26(12-8-23)43(45)46)36-21-30-38-29(18-31(39-30)42-13-15-47-16-14-42)41-37-20-27-17-24-3-1-2-4-28(24)48-27/h1-12,17-18,20H,13-16,19,21H2,(H,38,39,41)(H2,35,36,40,44). The summed E-state index contributed by atoms with van der Waals surface area (Å²) in [7, 11) is 0. The molecule has 0 aliphatic carbocycles. The molecule has 1 aliphatic heterocycles. The average molecular weight is 668 g/mol. The minimum absolute atomic E-state index is 0.0974. The second-order valence-corrected chi connectivity index (χ2v) is 11.0. The lowest BCUT2D eigenvalue weighted by Gasteiger charge is -2.28. The first kappa shape index (κ1) is 32.1. The van der Waals surface area contributed by atoms with Gasteiger partial charge in [-0.2, -0.15) is 5.10 Å². The Hall–Kier alpha value is -5.86. The lowest BCUT2D eigenvalue weighted by atomic mass is 10.2. The molecule has 3 N–H and O–H groups in total. The number of carbonyl (C=O) groups is 1. The maximum atomic E-state index is 13.1. The average Bonchev–Trinajstić information content (AvgIpc) is 3.53. The summed E-state index contributed by atoms with van der Waals surface area (Å²) >= 11 is 6.03. The van der Waals surface area contributed by atoms with Crippen LogP contribution in [0, 0.1) is 10.1 Å². The Morgan fingerprint density at radius 3 is 2.54 bits per heavy atom. The number of ether oxygens (including phenoxy) is 1.